The van der Waals surface area contributed by atoms with Gasteiger partial charge in [-0.3, -0.25) is 4.79 Å². The van der Waals surface area contributed by atoms with Crippen LogP contribution in [0.25, 0.3) is 0 Å². The van der Waals surface area contributed by atoms with E-state index in [0.29, 0.717) is 37.4 Å². The predicted octanol–water partition coefficient (Wildman–Crippen LogP) is 0.593. The molecule has 162 valence electrons. The number of sulfonamides is 2. The molecule has 0 saturated carbocycles. The largest absolute Gasteiger partial charge is 0.379 e. The van der Waals surface area contributed by atoms with Gasteiger partial charge >= 0.3 is 0 Å². The molecule has 11 heteroatoms. The molecular weight excluding hydrogens is 430 g/mol. The first kappa shape index (κ1) is 22.4. The van der Waals surface area contributed by atoms with Crippen LogP contribution in [0.4, 0.5) is 0 Å². The topological polar surface area (TPSA) is 136 Å². The van der Waals surface area contributed by atoms with Crippen LogP contribution < -0.4 is 10.5 Å². The van der Waals surface area contributed by atoms with Crippen molar-refractivity contribution >= 4 is 26.0 Å². The smallest absolute Gasteiger partial charge is 0.251 e. The van der Waals surface area contributed by atoms with Crippen molar-refractivity contribution in [2.75, 3.05) is 26.3 Å². The summed E-state index contributed by atoms with van der Waals surface area (Å²) in [5.41, 5.74) is 1.50. The van der Waals surface area contributed by atoms with E-state index in [-0.39, 0.29) is 21.9 Å². The summed E-state index contributed by atoms with van der Waals surface area (Å²) in [6.07, 6.45) is 0. The van der Waals surface area contributed by atoms with Gasteiger partial charge in [0.2, 0.25) is 20.0 Å². The Labute approximate surface area is 175 Å². The third kappa shape index (κ3) is 5.05. The standard InChI is InChI=1S/C19H23N3O6S2/c1-14-2-5-17(29(20,24)25)12-18(14)19(23)21-13-15-3-6-16(7-4-15)30(26,27)22-8-10-28-11-9-22/h2-7,12H,8-11,13H2,1H3,(H,21,23)(H2,20,24,25). The number of nitrogens with one attached hydrogen (secondary N) is 1. The number of hydrogen-bond acceptors (Lipinski definition) is 6. The Bertz CT molecular complexity index is 1140. The molecule has 0 spiro atoms. The third-order valence-electron chi connectivity index (χ3n) is 4.77. The van der Waals surface area contributed by atoms with Crippen LogP contribution in [-0.2, 0) is 31.3 Å². The average Bonchev–Trinajstić information content (AvgIpc) is 2.72. The monoisotopic (exact) mass is 453 g/mol. The highest BCUT2D eigenvalue weighted by atomic mass is 32.2. The highest BCUT2D eigenvalue weighted by Gasteiger charge is 2.26. The number of ether oxygens (including phenoxy) is 1. The lowest BCUT2D eigenvalue weighted by atomic mass is 10.1. The first-order valence-electron chi connectivity index (χ1n) is 9.17. The first-order chi connectivity index (χ1) is 14.1. The van der Waals surface area contributed by atoms with E-state index in [1.165, 1.54) is 34.6 Å². The number of carbonyl (C=O) groups is 1. The lowest BCUT2D eigenvalue weighted by Crippen LogP contribution is -2.40. The van der Waals surface area contributed by atoms with Crippen LogP contribution in [0.15, 0.2) is 52.3 Å². The second-order valence-electron chi connectivity index (χ2n) is 6.86. The van der Waals surface area contributed by atoms with Gasteiger partial charge < -0.3 is 10.1 Å². The Kier molecular flexibility index (Phi) is 6.58. The molecule has 0 unspecified atom stereocenters. The van der Waals surface area contributed by atoms with Crippen molar-refractivity contribution in [2.24, 2.45) is 5.14 Å². The maximum absolute atomic E-state index is 12.6. The Morgan fingerprint density at radius 1 is 1.03 bits per heavy atom. The van der Waals surface area contributed by atoms with Crippen LogP contribution in [0.5, 0.6) is 0 Å². The Hall–Kier alpha value is -2.31. The molecule has 1 aliphatic heterocycles. The summed E-state index contributed by atoms with van der Waals surface area (Å²) in [6, 6.07) is 10.3. The minimum Gasteiger partial charge on any atom is -0.379 e. The highest BCUT2D eigenvalue weighted by Crippen LogP contribution is 2.18. The summed E-state index contributed by atoms with van der Waals surface area (Å²) >= 11 is 0. The molecule has 1 heterocycles. The minimum absolute atomic E-state index is 0.143. The number of hydrogen-bond donors (Lipinski definition) is 2. The van der Waals surface area contributed by atoms with Crippen LogP contribution in [0, 0.1) is 6.92 Å². The molecule has 0 bridgehead atoms. The zero-order valence-corrected chi connectivity index (χ0v) is 18.0. The molecule has 1 aliphatic rings. The van der Waals surface area contributed by atoms with E-state index in [0.717, 1.165) is 0 Å². The lowest BCUT2D eigenvalue weighted by Gasteiger charge is -2.26. The van der Waals surface area contributed by atoms with E-state index in [4.69, 9.17) is 9.88 Å². The van der Waals surface area contributed by atoms with Gasteiger partial charge in [-0.1, -0.05) is 18.2 Å². The number of amides is 1. The number of benzene rings is 2. The fraction of sp³-hybridized carbons (Fsp3) is 0.316. The van der Waals surface area contributed by atoms with Gasteiger partial charge in [0.05, 0.1) is 23.0 Å². The Morgan fingerprint density at radius 2 is 1.63 bits per heavy atom. The molecule has 2 aromatic rings. The molecule has 30 heavy (non-hydrogen) atoms. The number of nitrogens with two attached hydrogens (primary N) is 1. The van der Waals surface area contributed by atoms with Crippen LogP contribution >= 0.6 is 0 Å². The molecule has 0 radical (unpaired) electrons. The highest BCUT2D eigenvalue weighted by molar-refractivity contribution is 7.89. The molecule has 3 N–H and O–H groups in total. The van der Waals surface area contributed by atoms with Crippen LogP contribution in [0.3, 0.4) is 0 Å². The van der Waals surface area contributed by atoms with Crippen LogP contribution in [-0.4, -0.2) is 53.4 Å². The van der Waals surface area contributed by atoms with E-state index in [9.17, 15) is 21.6 Å². The van der Waals surface area contributed by atoms with Crippen molar-refractivity contribution in [2.45, 2.75) is 23.3 Å². The van der Waals surface area contributed by atoms with Gasteiger partial charge in [-0.2, -0.15) is 4.31 Å². The van der Waals surface area contributed by atoms with Crippen molar-refractivity contribution in [1.29, 1.82) is 0 Å². The van der Waals surface area contributed by atoms with Gasteiger partial charge in [-0.15, -0.1) is 0 Å². The number of nitrogens with zero attached hydrogens (tertiary/aromatic N) is 1. The second-order valence-corrected chi connectivity index (χ2v) is 10.4. The number of carbonyl (C=O) groups excluding carboxylic acids is 1. The zero-order valence-electron chi connectivity index (χ0n) is 16.4. The fourth-order valence-electron chi connectivity index (χ4n) is 3.02. The van der Waals surface area contributed by atoms with Crippen molar-refractivity contribution < 1.29 is 26.4 Å². The van der Waals surface area contributed by atoms with Crippen molar-refractivity contribution in [1.82, 2.24) is 9.62 Å². The zero-order chi connectivity index (χ0) is 21.9. The normalized spacial score (nSPS) is 15.7. The second kappa shape index (κ2) is 8.82. The van der Waals surface area contributed by atoms with E-state index in [1.807, 2.05) is 0 Å². The van der Waals surface area contributed by atoms with Gasteiger partial charge in [-0.05, 0) is 42.3 Å². The van der Waals surface area contributed by atoms with Gasteiger partial charge in [-0.25, -0.2) is 22.0 Å². The SMILES string of the molecule is Cc1ccc(S(N)(=O)=O)cc1C(=O)NCc1ccc(S(=O)(=O)N2CCOCC2)cc1. The fourth-order valence-corrected chi connectivity index (χ4v) is 4.96. The third-order valence-corrected chi connectivity index (χ3v) is 7.59. The number of morpholine rings is 1. The number of rotatable bonds is 6. The molecular formula is C19H23N3O6S2. The summed E-state index contributed by atoms with van der Waals surface area (Å²) < 4.78 is 54.9. The molecule has 2 aromatic carbocycles. The van der Waals surface area contributed by atoms with Crippen LogP contribution in [0.1, 0.15) is 21.5 Å². The minimum atomic E-state index is -3.92. The molecule has 9 nitrogen and oxygen atoms in total. The Balaban J connectivity index is 1.69. The van der Waals surface area contributed by atoms with E-state index >= 15 is 0 Å². The summed E-state index contributed by atoms with van der Waals surface area (Å²) in [5.74, 6) is -0.456. The van der Waals surface area contributed by atoms with Gasteiger partial charge in [0, 0.05) is 25.2 Å². The maximum Gasteiger partial charge on any atom is 0.251 e. The molecule has 0 aromatic heterocycles. The van der Waals surface area contributed by atoms with E-state index < -0.39 is 26.0 Å². The average molecular weight is 454 g/mol. The lowest BCUT2D eigenvalue weighted by molar-refractivity contribution is 0.0730. The molecule has 3 rings (SSSR count). The number of aryl methyl sites for hydroxylation is 1. The Morgan fingerprint density at radius 3 is 2.23 bits per heavy atom. The molecule has 1 amide bonds. The summed E-state index contributed by atoms with van der Waals surface area (Å²) in [7, 11) is -7.50. The van der Waals surface area contributed by atoms with Crippen molar-refractivity contribution in [3.8, 4) is 0 Å². The quantitative estimate of drug-likeness (QED) is 0.657. The summed E-state index contributed by atoms with van der Waals surface area (Å²) in [5, 5.41) is 7.83. The van der Waals surface area contributed by atoms with Gasteiger partial charge in [0.25, 0.3) is 5.91 Å². The van der Waals surface area contributed by atoms with Crippen LogP contribution in [0.2, 0.25) is 0 Å². The van der Waals surface area contributed by atoms with E-state index in [1.54, 1.807) is 19.1 Å². The molecule has 1 saturated heterocycles. The summed E-state index contributed by atoms with van der Waals surface area (Å²) in [4.78, 5) is 12.5. The van der Waals surface area contributed by atoms with Gasteiger partial charge in [0.15, 0.2) is 0 Å². The van der Waals surface area contributed by atoms with Crippen molar-refractivity contribution in [3.05, 3.63) is 59.2 Å². The molecule has 0 aliphatic carbocycles. The van der Waals surface area contributed by atoms with Gasteiger partial charge in [0.1, 0.15) is 0 Å². The first-order valence-corrected chi connectivity index (χ1v) is 12.2. The predicted molar refractivity (Wildman–Crippen MR) is 110 cm³/mol. The molecule has 1 fully saturated rings. The maximum atomic E-state index is 12.6. The van der Waals surface area contributed by atoms with E-state index in [2.05, 4.69) is 5.32 Å². The van der Waals surface area contributed by atoms with Crippen molar-refractivity contribution in [3.63, 3.8) is 0 Å². The number of primary sulfonamides is 1. The molecule has 0 atom stereocenters. The summed E-state index contributed by atoms with van der Waals surface area (Å²) in [6.45, 7) is 3.21.